The van der Waals surface area contributed by atoms with E-state index in [4.69, 9.17) is 0 Å². The predicted molar refractivity (Wildman–Crippen MR) is 55.9 cm³/mol. The Balaban J connectivity index is 2.88. The highest BCUT2D eigenvalue weighted by molar-refractivity contribution is 5.86. The first-order valence-electron chi connectivity index (χ1n) is 4.78. The van der Waals surface area contributed by atoms with Crippen LogP contribution >= 0.6 is 0 Å². The highest BCUT2D eigenvalue weighted by Crippen LogP contribution is 2.14. The van der Waals surface area contributed by atoms with Gasteiger partial charge in [-0.2, -0.15) is 0 Å². The summed E-state index contributed by atoms with van der Waals surface area (Å²) in [6, 6.07) is 5.31. The van der Waals surface area contributed by atoms with Gasteiger partial charge in [-0.15, -0.1) is 0 Å². The van der Waals surface area contributed by atoms with E-state index < -0.39 is 0 Å². The first-order valence-corrected chi connectivity index (χ1v) is 4.78. The number of carbonyl (C=O) groups is 1. The Bertz CT molecular complexity index is 295. The molecule has 1 N–H and O–H groups in total. The second kappa shape index (κ2) is 4.86. The molecular formula is C11H16N2O. The quantitative estimate of drug-likeness (QED) is 0.787. The Morgan fingerprint density at radius 2 is 2.14 bits per heavy atom. The molecule has 1 aromatic heterocycles. The third-order valence-electron chi connectivity index (χ3n) is 2.13. The molecule has 0 amide bonds. The molecule has 0 aromatic carbocycles. The SMILES string of the molecule is CNC(C(=O)C(C)C)c1ccccn1. The first kappa shape index (κ1) is 10.9. The number of Topliss-reactive ketones (excluding diaryl/α,β-unsaturated/α-hetero) is 1. The van der Waals surface area contributed by atoms with Crippen LogP contribution in [-0.4, -0.2) is 17.8 Å². The van der Waals surface area contributed by atoms with Crippen molar-refractivity contribution in [2.75, 3.05) is 7.05 Å². The zero-order valence-corrected chi connectivity index (χ0v) is 8.82. The van der Waals surface area contributed by atoms with Crippen LogP contribution in [0, 0.1) is 5.92 Å². The van der Waals surface area contributed by atoms with Crippen molar-refractivity contribution in [2.45, 2.75) is 19.9 Å². The monoisotopic (exact) mass is 192 g/mol. The van der Waals surface area contributed by atoms with Gasteiger partial charge in [0.15, 0.2) is 5.78 Å². The summed E-state index contributed by atoms with van der Waals surface area (Å²) in [5, 5.41) is 2.99. The molecule has 0 spiro atoms. The molecule has 0 radical (unpaired) electrons. The molecule has 0 aliphatic carbocycles. The van der Waals surface area contributed by atoms with E-state index in [-0.39, 0.29) is 17.7 Å². The molecule has 0 saturated carbocycles. The lowest BCUT2D eigenvalue weighted by Crippen LogP contribution is -2.29. The number of nitrogens with one attached hydrogen (secondary N) is 1. The lowest BCUT2D eigenvalue weighted by Gasteiger charge is -2.16. The molecule has 76 valence electrons. The maximum atomic E-state index is 11.8. The van der Waals surface area contributed by atoms with Gasteiger partial charge in [-0.25, -0.2) is 0 Å². The van der Waals surface area contributed by atoms with Crippen LogP contribution in [0.5, 0.6) is 0 Å². The Labute approximate surface area is 84.6 Å². The van der Waals surface area contributed by atoms with Crippen molar-refractivity contribution in [2.24, 2.45) is 5.92 Å². The zero-order chi connectivity index (χ0) is 10.6. The summed E-state index contributed by atoms with van der Waals surface area (Å²) in [6.45, 7) is 3.80. The van der Waals surface area contributed by atoms with Gasteiger partial charge >= 0.3 is 0 Å². The van der Waals surface area contributed by atoms with Gasteiger partial charge in [0.1, 0.15) is 6.04 Å². The molecule has 3 nitrogen and oxygen atoms in total. The summed E-state index contributed by atoms with van der Waals surface area (Å²) >= 11 is 0. The minimum atomic E-state index is -0.281. The normalized spacial score (nSPS) is 12.9. The molecule has 0 aliphatic heterocycles. The van der Waals surface area contributed by atoms with Gasteiger partial charge in [0.05, 0.1) is 5.69 Å². The number of pyridine rings is 1. The van der Waals surface area contributed by atoms with Crippen LogP contribution in [0.4, 0.5) is 0 Å². The Kier molecular flexibility index (Phi) is 3.77. The molecule has 1 heterocycles. The molecule has 1 rings (SSSR count). The second-order valence-electron chi connectivity index (χ2n) is 3.53. The van der Waals surface area contributed by atoms with Crippen LogP contribution in [0.3, 0.4) is 0 Å². The summed E-state index contributed by atoms with van der Waals surface area (Å²) in [6.07, 6.45) is 1.70. The third kappa shape index (κ3) is 2.39. The van der Waals surface area contributed by atoms with Crippen LogP contribution in [0.1, 0.15) is 25.6 Å². The van der Waals surface area contributed by atoms with Gasteiger partial charge in [0.25, 0.3) is 0 Å². The molecule has 0 aliphatic rings. The first-order chi connectivity index (χ1) is 6.66. The van der Waals surface area contributed by atoms with Crippen LogP contribution in [0.25, 0.3) is 0 Å². The number of aromatic nitrogens is 1. The largest absolute Gasteiger partial charge is 0.306 e. The molecule has 14 heavy (non-hydrogen) atoms. The van der Waals surface area contributed by atoms with Gasteiger partial charge in [0, 0.05) is 12.1 Å². The Morgan fingerprint density at radius 3 is 2.57 bits per heavy atom. The van der Waals surface area contributed by atoms with E-state index in [1.165, 1.54) is 0 Å². The maximum Gasteiger partial charge on any atom is 0.158 e. The molecule has 1 unspecified atom stereocenters. The van der Waals surface area contributed by atoms with E-state index in [1.807, 2.05) is 32.0 Å². The fourth-order valence-corrected chi connectivity index (χ4v) is 1.32. The lowest BCUT2D eigenvalue weighted by molar-refractivity contribution is -0.124. The molecule has 0 saturated heterocycles. The lowest BCUT2D eigenvalue weighted by atomic mass is 9.99. The van der Waals surface area contributed by atoms with Crippen molar-refractivity contribution in [3.63, 3.8) is 0 Å². The topological polar surface area (TPSA) is 42.0 Å². The van der Waals surface area contributed by atoms with Gasteiger partial charge in [0.2, 0.25) is 0 Å². The average molecular weight is 192 g/mol. The molecule has 0 fully saturated rings. The molecule has 3 heteroatoms. The van der Waals surface area contributed by atoms with E-state index in [2.05, 4.69) is 10.3 Å². The zero-order valence-electron chi connectivity index (χ0n) is 8.82. The summed E-state index contributed by atoms with van der Waals surface area (Å²) in [5.41, 5.74) is 0.786. The van der Waals surface area contributed by atoms with Gasteiger partial charge < -0.3 is 5.32 Å². The average Bonchev–Trinajstić information content (AvgIpc) is 2.20. The summed E-state index contributed by atoms with van der Waals surface area (Å²) < 4.78 is 0. The Morgan fingerprint density at radius 1 is 1.43 bits per heavy atom. The number of hydrogen-bond acceptors (Lipinski definition) is 3. The van der Waals surface area contributed by atoms with Gasteiger partial charge in [-0.05, 0) is 19.2 Å². The number of nitrogens with zero attached hydrogens (tertiary/aromatic N) is 1. The van der Waals surface area contributed by atoms with Crippen LogP contribution < -0.4 is 5.32 Å². The van der Waals surface area contributed by atoms with Gasteiger partial charge in [-0.1, -0.05) is 19.9 Å². The third-order valence-corrected chi connectivity index (χ3v) is 2.13. The number of ketones is 1. The van der Waals surface area contributed by atoms with Crippen LogP contribution in [0.15, 0.2) is 24.4 Å². The molecular weight excluding hydrogens is 176 g/mol. The number of hydrogen-bond donors (Lipinski definition) is 1. The van der Waals surface area contributed by atoms with Gasteiger partial charge in [-0.3, -0.25) is 9.78 Å². The van der Waals surface area contributed by atoms with E-state index in [9.17, 15) is 4.79 Å². The van der Waals surface area contributed by atoms with Crippen molar-refractivity contribution < 1.29 is 4.79 Å². The van der Waals surface area contributed by atoms with Crippen LogP contribution in [-0.2, 0) is 4.79 Å². The number of likely N-dealkylation sites (N-methyl/N-ethyl adjacent to an activating group) is 1. The second-order valence-corrected chi connectivity index (χ2v) is 3.53. The van der Waals surface area contributed by atoms with E-state index in [0.29, 0.717) is 0 Å². The van der Waals surface area contributed by atoms with Crippen molar-refractivity contribution >= 4 is 5.78 Å². The van der Waals surface area contributed by atoms with Crippen molar-refractivity contribution in [3.05, 3.63) is 30.1 Å². The smallest absolute Gasteiger partial charge is 0.158 e. The summed E-state index contributed by atoms with van der Waals surface area (Å²) in [7, 11) is 1.78. The summed E-state index contributed by atoms with van der Waals surface area (Å²) in [4.78, 5) is 15.9. The van der Waals surface area contributed by atoms with Crippen LogP contribution in [0.2, 0.25) is 0 Å². The minimum absolute atomic E-state index is 0.0226. The Hall–Kier alpha value is -1.22. The molecule has 0 bridgehead atoms. The predicted octanol–water partition coefficient (Wildman–Crippen LogP) is 1.57. The minimum Gasteiger partial charge on any atom is -0.306 e. The van der Waals surface area contributed by atoms with E-state index >= 15 is 0 Å². The standard InChI is InChI=1S/C11H16N2O/c1-8(2)11(14)10(12-3)9-6-4-5-7-13-9/h4-8,10,12H,1-3H3. The van der Waals surface area contributed by atoms with Crippen molar-refractivity contribution in [1.29, 1.82) is 0 Å². The highest BCUT2D eigenvalue weighted by atomic mass is 16.1. The summed E-state index contributed by atoms with van der Waals surface area (Å²) in [5.74, 6) is 0.195. The number of carbonyl (C=O) groups excluding carboxylic acids is 1. The van der Waals surface area contributed by atoms with E-state index in [0.717, 1.165) is 5.69 Å². The highest BCUT2D eigenvalue weighted by Gasteiger charge is 2.21. The van der Waals surface area contributed by atoms with Crippen molar-refractivity contribution in [3.8, 4) is 0 Å². The fraction of sp³-hybridized carbons (Fsp3) is 0.455. The molecule has 1 atom stereocenters. The maximum absolute atomic E-state index is 11.8. The molecule has 1 aromatic rings. The number of rotatable bonds is 4. The van der Waals surface area contributed by atoms with Crippen molar-refractivity contribution in [1.82, 2.24) is 10.3 Å². The fourth-order valence-electron chi connectivity index (χ4n) is 1.32. The van der Waals surface area contributed by atoms with E-state index in [1.54, 1.807) is 13.2 Å².